The van der Waals surface area contributed by atoms with Gasteiger partial charge in [-0.05, 0) is 19.1 Å². The van der Waals surface area contributed by atoms with Crippen molar-refractivity contribution in [3.63, 3.8) is 0 Å². The molecule has 1 aromatic heterocycles. The molecule has 3 N–H and O–H groups in total. The maximum atomic E-state index is 13.8. The SMILES string of the molecule is CNc1c(C(C)N)n(C2=CC=CC(F)C2)c2ccccc12. The lowest BCUT2D eigenvalue weighted by Gasteiger charge is -2.20. The van der Waals surface area contributed by atoms with Crippen LogP contribution in [0.4, 0.5) is 10.1 Å². The van der Waals surface area contributed by atoms with Crippen molar-refractivity contribution < 1.29 is 4.39 Å². The average molecular weight is 285 g/mol. The van der Waals surface area contributed by atoms with E-state index in [-0.39, 0.29) is 6.04 Å². The van der Waals surface area contributed by atoms with Gasteiger partial charge in [-0.25, -0.2) is 4.39 Å². The lowest BCUT2D eigenvalue weighted by molar-refractivity contribution is 0.402. The van der Waals surface area contributed by atoms with E-state index >= 15 is 0 Å². The number of fused-ring (bicyclic) bond motifs is 1. The predicted molar refractivity (Wildman–Crippen MR) is 87.0 cm³/mol. The fraction of sp³-hybridized carbons (Fsp3) is 0.294. The highest BCUT2D eigenvalue weighted by atomic mass is 19.1. The van der Waals surface area contributed by atoms with Gasteiger partial charge in [0.2, 0.25) is 0 Å². The highest BCUT2D eigenvalue weighted by molar-refractivity contribution is 5.97. The highest BCUT2D eigenvalue weighted by Gasteiger charge is 2.22. The van der Waals surface area contributed by atoms with Crippen LogP contribution in [0.2, 0.25) is 0 Å². The zero-order chi connectivity index (χ0) is 15.0. The number of allylic oxidation sites excluding steroid dienone is 4. The fourth-order valence-electron chi connectivity index (χ4n) is 3.05. The Labute approximate surface area is 123 Å². The number of para-hydroxylation sites is 1. The smallest absolute Gasteiger partial charge is 0.124 e. The molecule has 3 nitrogen and oxygen atoms in total. The van der Waals surface area contributed by atoms with E-state index in [0.717, 1.165) is 28.0 Å². The standard InChI is InChI=1S/C17H20FN3/c1-11(19)17-16(20-2)14-8-3-4-9-15(14)21(17)13-7-5-6-12(18)10-13/h3-9,11-12,20H,10,19H2,1-2H3. The summed E-state index contributed by atoms with van der Waals surface area (Å²) in [6.45, 7) is 1.96. The van der Waals surface area contributed by atoms with Gasteiger partial charge in [0.1, 0.15) is 6.17 Å². The molecule has 1 aromatic carbocycles. The maximum absolute atomic E-state index is 13.8. The zero-order valence-corrected chi connectivity index (χ0v) is 12.3. The molecule has 1 aliphatic rings. The number of nitrogens with two attached hydrogens (primary N) is 1. The lowest BCUT2D eigenvalue weighted by Crippen LogP contribution is -2.16. The number of rotatable bonds is 3. The molecule has 2 atom stereocenters. The van der Waals surface area contributed by atoms with Crippen LogP contribution in [0, 0.1) is 0 Å². The van der Waals surface area contributed by atoms with Crippen molar-refractivity contribution in [1.29, 1.82) is 0 Å². The summed E-state index contributed by atoms with van der Waals surface area (Å²) in [5, 5.41) is 4.36. The fourth-order valence-corrected chi connectivity index (χ4v) is 3.05. The summed E-state index contributed by atoms with van der Waals surface area (Å²) in [5.74, 6) is 0. The van der Waals surface area contributed by atoms with Crippen LogP contribution < -0.4 is 11.1 Å². The van der Waals surface area contributed by atoms with Crippen LogP contribution in [0.5, 0.6) is 0 Å². The molecule has 0 spiro atoms. The highest BCUT2D eigenvalue weighted by Crippen LogP contribution is 2.38. The molecule has 1 heterocycles. The van der Waals surface area contributed by atoms with Crippen molar-refractivity contribution in [3.05, 3.63) is 48.2 Å². The van der Waals surface area contributed by atoms with E-state index in [1.54, 1.807) is 12.2 Å². The number of anilines is 1. The lowest BCUT2D eigenvalue weighted by atomic mass is 10.1. The number of halogens is 1. The van der Waals surface area contributed by atoms with E-state index in [0.29, 0.717) is 6.42 Å². The van der Waals surface area contributed by atoms with Crippen molar-refractivity contribution >= 4 is 22.3 Å². The summed E-state index contributed by atoms with van der Waals surface area (Å²) < 4.78 is 15.9. The Morgan fingerprint density at radius 2 is 2.14 bits per heavy atom. The second kappa shape index (κ2) is 5.37. The molecule has 4 heteroatoms. The van der Waals surface area contributed by atoms with Gasteiger partial charge in [-0.2, -0.15) is 0 Å². The van der Waals surface area contributed by atoms with Gasteiger partial charge in [0.15, 0.2) is 0 Å². The first-order valence-electron chi connectivity index (χ1n) is 7.22. The van der Waals surface area contributed by atoms with E-state index in [1.165, 1.54) is 0 Å². The summed E-state index contributed by atoms with van der Waals surface area (Å²) in [7, 11) is 1.89. The second-order valence-electron chi connectivity index (χ2n) is 5.41. The maximum Gasteiger partial charge on any atom is 0.124 e. The van der Waals surface area contributed by atoms with Crippen LogP contribution in [-0.4, -0.2) is 17.8 Å². The van der Waals surface area contributed by atoms with Crippen molar-refractivity contribution in [3.8, 4) is 0 Å². The Bertz CT molecular complexity index is 725. The minimum absolute atomic E-state index is 0.148. The zero-order valence-electron chi connectivity index (χ0n) is 12.3. The molecule has 0 bridgehead atoms. The van der Waals surface area contributed by atoms with E-state index < -0.39 is 6.17 Å². The third-order valence-electron chi connectivity index (χ3n) is 3.89. The third kappa shape index (κ3) is 2.25. The van der Waals surface area contributed by atoms with Crippen LogP contribution >= 0.6 is 0 Å². The second-order valence-corrected chi connectivity index (χ2v) is 5.41. The van der Waals surface area contributed by atoms with Crippen molar-refractivity contribution in [2.24, 2.45) is 5.73 Å². The van der Waals surface area contributed by atoms with Crippen LogP contribution in [0.1, 0.15) is 25.1 Å². The molecule has 2 unspecified atom stereocenters. The Morgan fingerprint density at radius 3 is 2.81 bits per heavy atom. The summed E-state index contributed by atoms with van der Waals surface area (Å²) in [6.07, 6.45) is 4.76. The molecule has 0 fully saturated rings. The van der Waals surface area contributed by atoms with Crippen LogP contribution in [0.25, 0.3) is 16.6 Å². The predicted octanol–water partition coefficient (Wildman–Crippen LogP) is 3.84. The molecule has 0 aliphatic heterocycles. The Hall–Kier alpha value is -2.07. The minimum Gasteiger partial charge on any atom is -0.386 e. The van der Waals surface area contributed by atoms with Gasteiger partial charge in [-0.1, -0.05) is 30.4 Å². The number of nitrogens with one attached hydrogen (secondary N) is 1. The van der Waals surface area contributed by atoms with Crippen LogP contribution in [-0.2, 0) is 0 Å². The Morgan fingerprint density at radius 1 is 1.38 bits per heavy atom. The number of nitrogens with zero attached hydrogens (tertiary/aromatic N) is 1. The quantitative estimate of drug-likeness (QED) is 0.899. The third-order valence-corrected chi connectivity index (χ3v) is 3.89. The number of hydrogen-bond donors (Lipinski definition) is 2. The molecular formula is C17H20FN3. The molecule has 0 saturated heterocycles. The Kier molecular flexibility index (Phi) is 3.55. The largest absolute Gasteiger partial charge is 0.386 e. The molecule has 110 valence electrons. The normalized spacial score (nSPS) is 19.6. The van der Waals surface area contributed by atoms with E-state index in [2.05, 4.69) is 22.0 Å². The molecule has 1 aliphatic carbocycles. The van der Waals surface area contributed by atoms with Gasteiger partial charge in [0, 0.05) is 30.6 Å². The monoisotopic (exact) mass is 285 g/mol. The molecular weight excluding hydrogens is 265 g/mol. The topological polar surface area (TPSA) is 43.0 Å². The van der Waals surface area contributed by atoms with Crippen molar-refractivity contribution in [2.45, 2.75) is 25.6 Å². The van der Waals surface area contributed by atoms with E-state index in [1.807, 2.05) is 32.2 Å². The number of alkyl halides is 1. The first-order chi connectivity index (χ1) is 10.1. The average Bonchev–Trinajstić information content (AvgIpc) is 2.81. The summed E-state index contributed by atoms with van der Waals surface area (Å²) in [5.41, 5.74) is 10.2. The summed E-state index contributed by atoms with van der Waals surface area (Å²) in [4.78, 5) is 0. The van der Waals surface area contributed by atoms with Gasteiger partial charge >= 0.3 is 0 Å². The first-order valence-corrected chi connectivity index (χ1v) is 7.22. The minimum atomic E-state index is -0.940. The van der Waals surface area contributed by atoms with Crippen molar-refractivity contribution in [1.82, 2.24) is 4.57 Å². The molecule has 3 rings (SSSR count). The molecule has 0 amide bonds. The van der Waals surface area contributed by atoms with E-state index in [4.69, 9.17) is 5.73 Å². The number of aromatic nitrogens is 1. The summed E-state index contributed by atoms with van der Waals surface area (Å²) in [6, 6.07) is 7.97. The number of hydrogen-bond acceptors (Lipinski definition) is 2. The first kappa shape index (κ1) is 13.9. The van der Waals surface area contributed by atoms with Crippen molar-refractivity contribution in [2.75, 3.05) is 12.4 Å². The molecule has 0 saturated carbocycles. The van der Waals surface area contributed by atoms with Crippen LogP contribution in [0.3, 0.4) is 0 Å². The van der Waals surface area contributed by atoms with Gasteiger partial charge in [0.25, 0.3) is 0 Å². The van der Waals surface area contributed by atoms with E-state index in [9.17, 15) is 4.39 Å². The van der Waals surface area contributed by atoms with Crippen LogP contribution in [0.15, 0.2) is 42.5 Å². The number of benzene rings is 1. The summed E-state index contributed by atoms with van der Waals surface area (Å²) >= 11 is 0. The molecule has 0 radical (unpaired) electrons. The Balaban J connectivity index is 2.32. The van der Waals surface area contributed by atoms with Gasteiger partial charge < -0.3 is 15.6 Å². The van der Waals surface area contributed by atoms with Gasteiger partial charge in [-0.15, -0.1) is 0 Å². The van der Waals surface area contributed by atoms with Gasteiger partial charge in [0.05, 0.1) is 16.9 Å². The van der Waals surface area contributed by atoms with Gasteiger partial charge in [-0.3, -0.25) is 0 Å². The molecule has 2 aromatic rings. The molecule has 21 heavy (non-hydrogen) atoms.